The van der Waals surface area contributed by atoms with E-state index in [4.69, 9.17) is 4.74 Å². The van der Waals surface area contributed by atoms with Crippen molar-refractivity contribution < 1.29 is 9.84 Å². The lowest BCUT2D eigenvalue weighted by molar-refractivity contribution is 0.411. The summed E-state index contributed by atoms with van der Waals surface area (Å²) in [5.74, 6) is 1.77. The first kappa shape index (κ1) is 13.5. The van der Waals surface area contributed by atoms with Gasteiger partial charge in [-0.3, -0.25) is 0 Å². The van der Waals surface area contributed by atoms with Crippen molar-refractivity contribution in [2.45, 2.75) is 32.4 Å². The molecule has 2 rings (SSSR count). The molecule has 0 spiro atoms. The zero-order valence-electron chi connectivity index (χ0n) is 11.4. The smallest absolute Gasteiger partial charge is 0.191 e. The van der Waals surface area contributed by atoms with Crippen LogP contribution in [0.1, 0.15) is 25.3 Å². The summed E-state index contributed by atoms with van der Waals surface area (Å²) in [6, 6.07) is 5.72. The molecule has 0 atom stereocenters. The van der Waals surface area contributed by atoms with Crippen LogP contribution < -0.4 is 15.4 Å². The highest BCUT2D eigenvalue weighted by Crippen LogP contribution is 2.23. The number of methoxy groups -OCH3 is 1. The summed E-state index contributed by atoms with van der Waals surface area (Å²) in [7, 11) is 1.61. The number of phenols is 1. The number of rotatable bonds is 5. The summed E-state index contributed by atoms with van der Waals surface area (Å²) in [6.45, 7) is 3.28. The van der Waals surface area contributed by atoms with E-state index in [2.05, 4.69) is 15.6 Å². The number of phenolic OH excluding ortho intramolecular Hbond substituents is 1. The fourth-order valence-corrected chi connectivity index (χ4v) is 1.72. The molecule has 0 aromatic heterocycles. The number of aliphatic imine (C=N–C) groups is 1. The molecule has 5 nitrogen and oxygen atoms in total. The highest BCUT2D eigenvalue weighted by atomic mass is 16.5. The van der Waals surface area contributed by atoms with E-state index in [1.165, 1.54) is 12.8 Å². The van der Waals surface area contributed by atoms with Gasteiger partial charge < -0.3 is 20.5 Å². The van der Waals surface area contributed by atoms with E-state index in [0.29, 0.717) is 12.6 Å². The van der Waals surface area contributed by atoms with Gasteiger partial charge in [-0.1, -0.05) is 0 Å². The molecule has 0 aliphatic heterocycles. The van der Waals surface area contributed by atoms with Crippen molar-refractivity contribution in [2.75, 3.05) is 13.7 Å². The van der Waals surface area contributed by atoms with Crippen molar-refractivity contribution in [3.63, 3.8) is 0 Å². The highest BCUT2D eigenvalue weighted by Gasteiger charge is 2.22. The van der Waals surface area contributed by atoms with Crippen LogP contribution in [0, 0.1) is 0 Å². The minimum Gasteiger partial charge on any atom is -0.508 e. The molecule has 1 saturated carbocycles. The van der Waals surface area contributed by atoms with Crippen LogP contribution in [0.2, 0.25) is 0 Å². The van der Waals surface area contributed by atoms with Crippen molar-refractivity contribution in [1.82, 2.24) is 10.6 Å². The molecule has 104 valence electrons. The minimum atomic E-state index is 0.242. The number of ether oxygens (including phenoxy) is 1. The van der Waals surface area contributed by atoms with E-state index in [-0.39, 0.29) is 5.75 Å². The quantitative estimate of drug-likeness (QED) is 0.558. The second-order valence-corrected chi connectivity index (χ2v) is 4.61. The van der Waals surface area contributed by atoms with Crippen LogP contribution in [-0.2, 0) is 6.54 Å². The van der Waals surface area contributed by atoms with Crippen LogP contribution in [0.15, 0.2) is 23.2 Å². The standard InChI is InChI=1S/C14H21N3O2/c1-3-15-14(17-11-4-5-11)16-9-10-8-12(19-2)6-7-13(10)18/h6-8,11,18H,3-5,9H2,1-2H3,(H2,15,16,17). The van der Waals surface area contributed by atoms with Gasteiger partial charge in [-0.05, 0) is 38.0 Å². The molecule has 1 aliphatic carbocycles. The Morgan fingerprint density at radius 1 is 1.47 bits per heavy atom. The van der Waals surface area contributed by atoms with Gasteiger partial charge in [0.25, 0.3) is 0 Å². The van der Waals surface area contributed by atoms with Gasteiger partial charge >= 0.3 is 0 Å². The SMILES string of the molecule is CCNC(=NCc1cc(OC)ccc1O)NC1CC1. The third-order valence-electron chi connectivity index (χ3n) is 2.96. The number of nitrogens with one attached hydrogen (secondary N) is 2. The van der Waals surface area contributed by atoms with Crippen LogP contribution in [0.5, 0.6) is 11.5 Å². The molecule has 0 saturated heterocycles. The van der Waals surface area contributed by atoms with E-state index in [1.807, 2.05) is 6.92 Å². The van der Waals surface area contributed by atoms with Crippen molar-refractivity contribution in [1.29, 1.82) is 0 Å². The molecule has 0 bridgehead atoms. The van der Waals surface area contributed by atoms with Crippen LogP contribution in [-0.4, -0.2) is 30.8 Å². The van der Waals surface area contributed by atoms with Gasteiger partial charge in [0.15, 0.2) is 5.96 Å². The number of nitrogens with zero attached hydrogens (tertiary/aromatic N) is 1. The lowest BCUT2D eigenvalue weighted by Crippen LogP contribution is -2.38. The fraction of sp³-hybridized carbons (Fsp3) is 0.500. The first-order valence-electron chi connectivity index (χ1n) is 6.63. The van der Waals surface area contributed by atoms with Crippen molar-refractivity contribution in [3.8, 4) is 11.5 Å². The molecule has 1 aromatic rings. The van der Waals surface area contributed by atoms with Gasteiger partial charge in [0, 0.05) is 18.2 Å². The Morgan fingerprint density at radius 2 is 2.26 bits per heavy atom. The maximum atomic E-state index is 9.80. The molecule has 5 heteroatoms. The summed E-state index contributed by atoms with van der Waals surface area (Å²) in [6.07, 6.45) is 2.41. The Kier molecular flexibility index (Phi) is 4.49. The van der Waals surface area contributed by atoms with E-state index < -0.39 is 0 Å². The van der Waals surface area contributed by atoms with E-state index in [1.54, 1.807) is 25.3 Å². The number of benzene rings is 1. The maximum Gasteiger partial charge on any atom is 0.191 e. The highest BCUT2D eigenvalue weighted by molar-refractivity contribution is 5.80. The molecule has 1 aromatic carbocycles. The fourth-order valence-electron chi connectivity index (χ4n) is 1.72. The molecule has 19 heavy (non-hydrogen) atoms. The number of guanidine groups is 1. The monoisotopic (exact) mass is 263 g/mol. The second-order valence-electron chi connectivity index (χ2n) is 4.61. The van der Waals surface area contributed by atoms with E-state index >= 15 is 0 Å². The van der Waals surface area contributed by atoms with Crippen LogP contribution in [0.4, 0.5) is 0 Å². The first-order valence-corrected chi connectivity index (χ1v) is 6.63. The molecule has 1 aliphatic rings. The van der Waals surface area contributed by atoms with E-state index in [0.717, 1.165) is 23.8 Å². The summed E-state index contributed by atoms with van der Waals surface area (Å²) >= 11 is 0. The largest absolute Gasteiger partial charge is 0.508 e. The predicted octanol–water partition coefficient (Wildman–Crippen LogP) is 1.62. The van der Waals surface area contributed by atoms with Gasteiger partial charge in [-0.15, -0.1) is 0 Å². The Hall–Kier alpha value is -1.91. The Bertz CT molecular complexity index is 456. The summed E-state index contributed by atoms with van der Waals surface area (Å²) in [5, 5.41) is 16.3. The Balaban J connectivity index is 2.04. The van der Waals surface area contributed by atoms with Crippen LogP contribution in [0.3, 0.4) is 0 Å². The number of aromatic hydroxyl groups is 1. The molecule has 1 fully saturated rings. The third-order valence-corrected chi connectivity index (χ3v) is 2.96. The lowest BCUT2D eigenvalue weighted by atomic mass is 10.2. The van der Waals surface area contributed by atoms with Crippen molar-refractivity contribution in [3.05, 3.63) is 23.8 Å². The van der Waals surface area contributed by atoms with Gasteiger partial charge in [-0.25, -0.2) is 4.99 Å². The van der Waals surface area contributed by atoms with Crippen LogP contribution >= 0.6 is 0 Å². The topological polar surface area (TPSA) is 65.9 Å². The molecule has 0 heterocycles. The van der Waals surface area contributed by atoms with Gasteiger partial charge in [0.1, 0.15) is 11.5 Å². The predicted molar refractivity (Wildman–Crippen MR) is 75.6 cm³/mol. The average molecular weight is 263 g/mol. The third kappa shape index (κ3) is 4.05. The molecule has 0 amide bonds. The van der Waals surface area contributed by atoms with E-state index in [9.17, 15) is 5.11 Å². The Labute approximate surface area is 113 Å². The van der Waals surface area contributed by atoms with Crippen LogP contribution in [0.25, 0.3) is 0 Å². The molecule has 0 radical (unpaired) electrons. The Morgan fingerprint density at radius 3 is 2.89 bits per heavy atom. The molecular weight excluding hydrogens is 242 g/mol. The van der Waals surface area contributed by atoms with Gasteiger partial charge in [0.2, 0.25) is 0 Å². The zero-order chi connectivity index (χ0) is 13.7. The van der Waals surface area contributed by atoms with Crippen molar-refractivity contribution >= 4 is 5.96 Å². The molecular formula is C14H21N3O2. The van der Waals surface area contributed by atoms with Gasteiger partial charge in [0.05, 0.1) is 13.7 Å². The zero-order valence-corrected chi connectivity index (χ0v) is 11.4. The second kappa shape index (κ2) is 6.31. The van der Waals surface area contributed by atoms with Gasteiger partial charge in [-0.2, -0.15) is 0 Å². The lowest BCUT2D eigenvalue weighted by Gasteiger charge is -2.11. The first-order chi connectivity index (χ1) is 9.22. The summed E-state index contributed by atoms with van der Waals surface area (Å²) in [5.41, 5.74) is 0.757. The average Bonchev–Trinajstić information content (AvgIpc) is 3.22. The van der Waals surface area contributed by atoms with Crippen molar-refractivity contribution in [2.24, 2.45) is 4.99 Å². The normalized spacial score (nSPS) is 15.2. The number of hydrogen-bond donors (Lipinski definition) is 3. The minimum absolute atomic E-state index is 0.242. The number of hydrogen-bond acceptors (Lipinski definition) is 3. The summed E-state index contributed by atoms with van der Waals surface area (Å²) in [4.78, 5) is 4.48. The molecule has 3 N–H and O–H groups in total. The maximum absolute atomic E-state index is 9.80. The summed E-state index contributed by atoms with van der Waals surface area (Å²) < 4.78 is 5.15. The molecule has 0 unspecified atom stereocenters.